The maximum atomic E-state index is 12.0. The molecule has 0 aliphatic carbocycles. The minimum absolute atomic E-state index is 0.174. The molecule has 104 valence electrons. The molecule has 0 bridgehead atoms. The number of rotatable bonds is 5. The third-order valence-corrected chi connectivity index (χ3v) is 5.05. The van der Waals surface area contributed by atoms with Gasteiger partial charge in [-0.15, -0.1) is 6.42 Å². The highest BCUT2D eigenvalue weighted by molar-refractivity contribution is 9.10. The van der Waals surface area contributed by atoms with E-state index in [2.05, 4.69) is 32.6 Å². The Labute approximate surface area is 127 Å². The smallest absolute Gasteiger partial charge is 0.0981 e. The van der Waals surface area contributed by atoms with Gasteiger partial charge in [-0.1, -0.05) is 40.0 Å². The summed E-state index contributed by atoms with van der Waals surface area (Å²) in [6.07, 6.45) is 7.12. The molecule has 0 fully saturated rings. The first kappa shape index (κ1) is 16.4. The predicted octanol–water partition coefficient (Wildman–Crippen LogP) is 3.44. The number of benzene rings is 1. The monoisotopic (exact) mass is 341 g/mol. The fourth-order valence-electron chi connectivity index (χ4n) is 1.48. The zero-order valence-electron chi connectivity index (χ0n) is 11.6. The molecule has 0 saturated carbocycles. The minimum Gasteiger partial charge on any atom is -0.242 e. The van der Waals surface area contributed by atoms with Crippen LogP contribution in [0.3, 0.4) is 0 Å². The largest absolute Gasteiger partial charge is 0.242 e. The van der Waals surface area contributed by atoms with E-state index in [1.165, 1.54) is 5.56 Å². The molecule has 4 heteroatoms. The summed E-state index contributed by atoms with van der Waals surface area (Å²) >= 11 is 3.52. The maximum absolute atomic E-state index is 12.0. The molecule has 0 amide bonds. The van der Waals surface area contributed by atoms with E-state index in [0.29, 0.717) is 0 Å². The molecular weight excluding hydrogens is 322 g/mol. The van der Waals surface area contributed by atoms with Gasteiger partial charge in [-0.25, -0.2) is 8.93 Å². The fourth-order valence-corrected chi connectivity index (χ4v) is 2.76. The quantitative estimate of drug-likeness (QED) is 0.816. The predicted molar refractivity (Wildman–Crippen MR) is 86.1 cm³/mol. The summed E-state index contributed by atoms with van der Waals surface area (Å²) in [4.78, 5) is 0. The van der Waals surface area contributed by atoms with Gasteiger partial charge in [-0.2, -0.15) is 0 Å². The average molecular weight is 342 g/mol. The summed E-state index contributed by atoms with van der Waals surface area (Å²) in [6, 6.07) is 7.90. The summed E-state index contributed by atoms with van der Waals surface area (Å²) in [5.74, 6) is 2.68. The number of terminal acetylenes is 1. The van der Waals surface area contributed by atoms with E-state index >= 15 is 0 Å². The average Bonchev–Trinajstić information content (AvgIpc) is 2.34. The zero-order chi connectivity index (χ0) is 14.5. The van der Waals surface area contributed by atoms with Crippen molar-refractivity contribution in [3.8, 4) is 12.3 Å². The van der Waals surface area contributed by atoms with Crippen LogP contribution in [-0.4, -0.2) is 15.0 Å². The third kappa shape index (κ3) is 5.48. The van der Waals surface area contributed by atoms with Crippen LogP contribution in [0.2, 0.25) is 0 Å². The lowest BCUT2D eigenvalue weighted by molar-refractivity contribution is 0.612. The normalized spacial score (nSPS) is 14.7. The number of halogens is 1. The van der Waals surface area contributed by atoms with Gasteiger partial charge in [0.25, 0.3) is 0 Å². The molecule has 1 aromatic carbocycles. The van der Waals surface area contributed by atoms with Crippen molar-refractivity contribution in [1.29, 1.82) is 0 Å². The molecule has 0 aliphatic rings. The van der Waals surface area contributed by atoms with Crippen LogP contribution < -0.4 is 4.72 Å². The van der Waals surface area contributed by atoms with E-state index in [4.69, 9.17) is 6.42 Å². The summed E-state index contributed by atoms with van der Waals surface area (Å²) in [6.45, 7) is 5.78. The standard InChI is InChI=1S/C15H20BrNOS/c1-5-13(17-19(18)15(2,3)4)11-10-12-8-6-7-9-14(12)16/h1,6-9,13,17H,10-11H2,2-4H3/t13-,19+/m0/s1. The van der Waals surface area contributed by atoms with Crippen molar-refractivity contribution in [3.63, 3.8) is 0 Å². The van der Waals surface area contributed by atoms with Gasteiger partial charge in [-0.3, -0.25) is 0 Å². The first-order valence-corrected chi connectivity index (χ1v) is 8.16. The molecule has 2 nitrogen and oxygen atoms in total. The maximum Gasteiger partial charge on any atom is 0.0981 e. The molecule has 0 spiro atoms. The van der Waals surface area contributed by atoms with Crippen LogP contribution in [0.4, 0.5) is 0 Å². The lowest BCUT2D eigenvalue weighted by Gasteiger charge is -2.21. The molecule has 1 N–H and O–H groups in total. The second-order valence-corrected chi connectivity index (χ2v) is 8.20. The molecular formula is C15H20BrNOS. The number of hydrogen-bond acceptors (Lipinski definition) is 1. The van der Waals surface area contributed by atoms with Gasteiger partial charge < -0.3 is 0 Å². The van der Waals surface area contributed by atoms with E-state index in [-0.39, 0.29) is 10.8 Å². The number of hydrogen-bond donors (Lipinski definition) is 1. The Morgan fingerprint density at radius 1 is 1.42 bits per heavy atom. The van der Waals surface area contributed by atoms with Crippen molar-refractivity contribution >= 4 is 26.9 Å². The molecule has 2 atom stereocenters. The van der Waals surface area contributed by atoms with Crippen molar-refractivity contribution in [1.82, 2.24) is 4.72 Å². The number of aryl methyl sites for hydroxylation is 1. The molecule has 0 saturated heterocycles. The Hall–Kier alpha value is -0.630. The summed E-state index contributed by atoms with van der Waals surface area (Å²) in [7, 11) is -1.13. The van der Waals surface area contributed by atoms with E-state index < -0.39 is 11.0 Å². The van der Waals surface area contributed by atoms with Gasteiger partial charge in [-0.05, 0) is 45.2 Å². The molecule has 0 unspecified atom stereocenters. The summed E-state index contributed by atoms with van der Waals surface area (Å²) in [5.41, 5.74) is 1.21. The van der Waals surface area contributed by atoms with Crippen LogP contribution in [0.1, 0.15) is 32.8 Å². The first-order valence-electron chi connectivity index (χ1n) is 6.22. The van der Waals surface area contributed by atoms with Crippen LogP contribution >= 0.6 is 15.9 Å². The molecule has 0 aliphatic heterocycles. The first-order chi connectivity index (χ1) is 8.84. The van der Waals surface area contributed by atoms with Crippen molar-refractivity contribution in [3.05, 3.63) is 34.3 Å². The van der Waals surface area contributed by atoms with Gasteiger partial charge in [0, 0.05) is 4.47 Å². The van der Waals surface area contributed by atoms with E-state index in [0.717, 1.165) is 17.3 Å². The van der Waals surface area contributed by atoms with Gasteiger partial charge in [0.05, 0.1) is 21.8 Å². The molecule has 19 heavy (non-hydrogen) atoms. The van der Waals surface area contributed by atoms with Gasteiger partial charge in [0.1, 0.15) is 0 Å². The molecule has 0 radical (unpaired) electrons. The van der Waals surface area contributed by atoms with Crippen LogP contribution in [0, 0.1) is 12.3 Å². The van der Waals surface area contributed by atoms with Crippen molar-refractivity contribution in [2.75, 3.05) is 0 Å². The molecule has 1 aromatic rings. The lowest BCUT2D eigenvalue weighted by Crippen LogP contribution is -2.39. The Kier molecular flexibility index (Phi) is 6.25. The topological polar surface area (TPSA) is 29.1 Å². The Morgan fingerprint density at radius 2 is 2.05 bits per heavy atom. The summed E-state index contributed by atoms with van der Waals surface area (Å²) in [5, 5.41) is 0. The Morgan fingerprint density at radius 3 is 2.58 bits per heavy atom. The molecule has 0 heterocycles. The van der Waals surface area contributed by atoms with E-state index in [9.17, 15) is 4.21 Å². The summed E-state index contributed by atoms with van der Waals surface area (Å²) < 4.78 is 15.8. The lowest BCUT2D eigenvalue weighted by atomic mass is 10.1. The number of nitrogens with one attached hydrogen (secondary N) is 1. The molecule has 1 rings (SSSR count). The van der Waals surface area contributed by atoms with Crippen molar-refractivity contribution < 1.29 is 4.21 Å². The Balaban J connectivity index is 2.58. The Bertz CT molecular complexity index is 488. The van der Waals surface area contributed by atoms with Crippen LogP contribution in [0.15, 0.2) is 28.7 Å². The van der Waals surface area contributed by atoms with Crippen LogP contribution in [0.5, 0.6) is 0 Å². The molecule has 0 aromatic heterocycles. The van der Waals surface area contributed by atoms with Crippen molar-refractivity contribution in [2.24, 2.45) is 0 Å². The van der Waals surface area contributed by atoms with Gasteiger partial charge >= 0.3 is 0 Å². The second-order valence-electron chi connectivity index (χ2n) is 5.35. The van der Waals surface area contributed by atoms with Crippen molar-refractivity contribution in [2.45, 2.75) is 44.4 Å². The fraction of sp³-hybridized carbons (Fsp3) is 0.467. The van der Waals surface area contributed by atoms with E-state index in [1.807, 2.05) is 39.0 Å². The van der Waals surface area contributed by atoms with Crippen LogP contribution in [0.25, 0.3) is 0 Å². The zero-order valence-corrected chi connectivity index (χ0v) is 14.0. The van der Waals surface area contributed by atoms with Gasteiger partial charge in [0.2, 0.25) is 0 Å². The highest BCUT2D eigenvalue weighted by atomic mass is 79.9. The third-order valence-electron chi connectivity index (χ3n) is 2.67. The highest BCUT2D eigenvalue weighted by Gasteiger charge is 2.21. The van der Waals surface area contributed by atoms with Crippen LogP contribution in [-0.2, 0) is 17.4 Å². The minimum atomic E-state index is -1.13. The second kappa shape index (κ2) is 7.23. The SMILES string of the molecule is C#C[C@@H](CCc1ccccc1Br)N[S@](=O)C(C)(C)C. The van der Waals surface area contributed by atoms with E-state index in [1.54, 1.807) is 0 Å². The highest BCUT2D eigenvalue weighted by Crippen LogP contribution is 2.18. The van der Waals surface area contributed by atoms with Gasteiger partial charge in [0.15, 0.2) is 0 Å².